The Morgan fingerprint density at radius 2 is 1.89 bits per heavy atom. The van der Waals surface area contributed by atoms with Gasteiger partial charge in [-0.3, -0.25) is 4.79 Å². The molecule has 92 valence electrons. The van der Waals surface area contributed by atoms with Crippen LogP contribution < -0.4 is 11.1 Å². The predicted octanol–water partition coefficient (Wildman–Crippen LogP) is 2.62. The van der Waals surface area contributed by atoms with Crippen LogP contribution in [-0.2, 0) is 0 Å². The lowest BCUT2D eigenvalue weighted by atomic mass is 10.3. The molecule has 0 bridgehead atoms. The zero-order chi connectivity index (χ0) is 13.1. The number of amides is 1. The van der Waals surface area contributed by atoms with Crippen LogP contribution in [0.2, 0.25) is 10.0 Å². The van der Waals surface area contributed by atoms with Crippen LogP contribution in [0.3, 0.4) is 0 Å². The molecular formula is C11H8Cl2N4O. The number of carbonyl (C=O) groups is 1. The fourth-order valence-electron chi connectivity index (χ4n) is 1.23. The Balaban J connectivity index is 2.16. The highest BCUT2D eigenvalue weighted by molar-refractivity contribution is 6.42. The summed E-state index contributed by atoms with van der Waals surface area (Å²) in [5.74, 6) is -0.151. The lowest BCUT2D eigenvalue weighted by molar-refractivity contribution is 0.102. The molecule has 1 heterocycles. The lowest BCUT2D eigenvalue weighted by Crippen LogP contribution is -2.14. The van der Waals surface area contributed by atoms with Crippen LogP contribution in [0.5, 0.6) is 0 Å². The second-order valence-corrected chi connectivity index (χ2v) is 4.24. The predicted molar refractivity (Wildman–Crippen MR) is 70.9 cm³/mol. The maximum Gasteiger partial charge on any atom is 0.276 e. The van der Waals surface area contributed by atoms with Crippen LogP contribution in [0.1, 0.15) is 10.5 Å². The van der Waals surface area contributed by atoms with E-state index in [1.807, 2.05) is 0 Å². The van der Waals surface area contributed by atoms with Crippen LogP contribution in [0.15, 0.2) is 30.3 Å². The van der Waals surface area contributed by atoms with Crippen molar-refractivity contribution in [2.45, 2.75) is 0 Å². The fraction of sp³-hybridized carbons (Fsp3) is 0. The number of nitrogens with one attached hydrogen (secondary N) is 1. The second kappa shape index (κ2) is 5.20. The van der Waals surface area contributed by atoms with E-state index >= 15 is 0 Å². The van der Waals surface area contributed by atoms with Crippen molar-refractivity contribution < 1.29 is 4.79 Å². The molecule has 0 atom stereocenters. The summed E-state index contributed by atoms with van der Waals surface area (Å²) < 4.78 is 0. The van der Waals surface area contributed by atoms with E-state index in [2.05, 4.69) is 15.5 Å². The molecule has 1 aromatic heterocycles. The van der Waals surface area contributed by atoms with Gasteiger partial charge >= 0.3 is 0 Å². The van der Waals surface area contributed by atoms with Gasteiger partial charge in [0.1, 0.15) is 5.82 Å². The van der Waals surface area contributed by atoms with Crippen molar-refractivity contribution in [2.24, 2.45) is 0 Å². The van der Waals surface area contributed by atoms with E-state index in [1.165, 1.54) is 12.1 Å². The summed E-state index contributed by atoms with van der Waals surface area (Å²) in [6.07, 6.45) is 0. The van der Waals surface area contributed by atoms with Crippen LogP contribution >= 0.6 is 23.2 Å². The molecule has 7 heteroatoms. The van der Waals surface area contributed by atoms with E-state index < -0.39 is 5.91 Å². The number of nitrogen functional groups attached to an aromatic ring is 1. The maximum absolute atomic E-state index is 11.8. The van der Waals surface area contributed by atoms with Gasteiger partial charge in [-0.25, -0.2) is 0 Å². The van der Waals surface area contributed by atoms with Gasteiger partial charge < -0.3 is 11.1 Å². The number of carbonyl (C=O) groups excluding carboxylic acids is 1. The summed E-state index contributed by atoms with van der Waals surface area (Å²) in [6.45, 7) is 0. The Morgan fingerprint density at radius 3 is 2.50 bits per heavy atom. The third-order valence-corrected chi connectivity index (χ3v) is 2.83. The first-order chi connectivity index (χ1) is 8.56. The summed E-state index contributed by atoms with van der Waals surface area (Å²) in [5, 5.41) is 10.7. The van der Waals surface area contributed by atoms with Gasteiger partial charge in [0.2, 0.25) is 0 Å². The molecule has 2 aromatic rings. The number of benzene rings is 1. The van der Waals surface area contributed by atoms with Crippen molar-refractivity contribution in [3.05, 3.63) is 46.1 Å². The minimum absolute atomic E-state index is 0.162. The average molecular weight is 283 g/mol. The summed E-state index contributed by atoms with van der Waals surface area (Å²) >= 11 is 11.6. The molecule has 3 N–H and O–H groups in total. The number of rotatable bonds is 2. The first kappa shape index (κ1) is 12.6. The minimum atomic E-state index is -0.402. The number of hydrogen-bond donors (Lipinski definition) is 2. The lowest BCUT2D eigenvalue weighted by Gasteiger charge is -2.05. The first-order valence-electron chi connectivity index (χ1n) is 4.92. The molecule has 0 aliphatic carbocycles. The van der Waals surface area contributed by atoms with Crippen LogP contribution in [0.25, 0.3) is 0 Å². The Hall–Kier alpha value is -1.85. The van der Waals surface area contributed by atoms with E-state index in [4.69, 9.17) is 28.9 Å². The van der Waals surface area contributed by atoms with Crippen molar-refractivity contribution >= 4 is 40.6 Å². The molecule has 5 nitrogen and oxygen atoms in total. The zero-order valence-corrected chi connectivity index (χ0v) is 10.5. The van der Waals surface area contributed by atoms with Gasteiger partial charge in [-0.2, -0.15) is 0 Å². The number of aromatic nitrogens is 2. The number of hydrogen-bond acceptors (Lipinski definition) is 4. The third kappa shape index (κ3) is 2.88. The molecule has 1 amide bonds. The number of halogens is 2. The summed E-state index contributed by atoms with van der Waals surface area (Å²) in [7, 11) is 0. The normalized spacial score (nSPS) is 10.1. The van der Waals surface area contributed by atoms with Gasteiger partial charge in [-0.1, -0.05) is 23.2 Å². The zero-order valence-electron chi connectivity index (χ0n) is 9.02. The first-order valence-corrected chi connectivity index (χ1v) is 5.67. The Bertz CT molecular complexity index is 586. The van der Waals surface area contributed by atoms with Crippen molar-refractivity contribution in [3.8, 4) is 0 Å². The van der Waals surface area contributed by atoms with Crippen LogP contribution in [-0.4, -0.2) is 16.1 Å². The minimum Gasteiger partial charge on any atom is -0.382 e. The summed E-state index contributed by atoms with van der Waals surface area (Å²) in [6, 6.07) is 7.75. The van der Waals surface area contributed by atoms with Crippen LogP contribution in [0, 0.1) is 0 Å². The van der Waals surface area contributed by atoms with Gasteiger partial charge in [0.05, 0.1) is 10.0 Å². The molecule has 2 rings (SSSR count). The third-order valence-electron chi connectivity index (χ3n) is 2.10. The topological polar surface area (TPSA) is 80.9 Å². The van der Waals surface area contributed by atoms with Gasteiger partial charge in [-0.15, -0.1) is 10.2 Å². The van der Waals surface area contributed by atoms with Crippen molar-refractivity contribution in [1.82, 2.24) is 10.2 Å². The molecule has 0 aliphatic heterocycles. The van der Waals surface area contributed by atoms with Gasteiger partial charge in [0.15, 0.2) is 5.69 Å². The molecule has 0 saturated heterocycles. The van der Waals surface area contributed by atoms with Gasteiger partial charge in [0, 0.05) is 5.69 Å². The molecule has 0 aliphatic rings. The molecule has 0 radical (unpaired) electrons. The molecule has 18 heavy (non-hydrogen) atoms. The number of anilines is 2. The van der Waals surface area contributed by atoms with E-state index in [-0.39, 0.29) is 11.5 Å². The smallest absolute Gasteiger partial charge is 0.276 e. The van der Waals surface area contributed by atoms with E-state index in [0.717, 1.165) is 0 Å². The Labute approximate surface area is 113 Å². The summed E-state index contributed by atoms with van der Waals surface area (Å²) in [5.41, 5.74) is 6.06. The van der Waals surface area contributed by atoms with Crippen molar-refractivity contribution in [2.75, 3.05) is 11.1 Å². The molecule has 0 fully saturated rings. The molecule has 0 saturated carbocycles. The SMILES string of the molecule is Nc1ccc(C(=O)Nc2ccc(Cl)c(Cl)c2)nn1. The van der Waals surface area contributed by atoms with Gasteiger partial charge in [-0.05, 0) is 30.3 Å². The highest BCUT2D eigenvalue weighted by atomic mass is 35.5. The Morgan fingerprint density at radius 1 is 1.11 bits per heavy atom. The number of nitrogens with zero attached hydrogens (tertiary/aromatic N) is 2. The Kier molecular flexibility index (Phi) is 3.64. The van der Waals surface area contributed by atoms with Crippen molar-refractivity contribution in [3.63, 3.8) is 0 Å². The fourth-order valence-corrected chi connectivity index (χ4v) is 1.53. The molecule has 0 unspecified atom stereocenters. The average Bonchev–Trinajstić information content (AvgIpc) is 2.34. The molecule has 1 aromatic carbocycles. The van der Waals surface area contributed by atoms with E-state index in [1.54, 1.807) is 18.2 Å². The monoisotopic (exact) mass is 282 g/mol. The van der Waals surface area contributed by atoms with Crippen LogP contribution in [0.4, 0.5) is 11.5 Å². The highest BCUT2D eigenvalue weighted by Gasteiger charge is 2.09. The molecular weight excluding hydrogens is 275 g/mol. The molecule has 0 spiro atoms. The number of nitrogens with two attached hydrogens (primary N) is 1. The second-order valence-electron chi connectivity index (χ2n) is 3.43. The van der Waals surface area contributed by atoms with Crippen molar-refractivity contribution in [1.29, 1.82) is 0 Å². The van der Waals surface area contributed by atoms with E-state index in [9.17, 15) is 4.79 Å². The standard InChI is InChI=1S/C11H8Cl2N4O/c12-7-2-1-6(5-8(7)13)15-11(18)9-3-4-10(14)17-16-9/h1-5H,(H2,14,17)(H,15,18). The quantitative estimate of drug-likeness (QED) is 0.887. The highest BCUT2D eigenvalue weighted by Crippen LogP contribution is 2.25. The maximum atomic E-state index is 11.8. The van der Waals surface area contributed by atoms with E-state index in [0.29, 0.717) is 15.7 Å². The van der Waals surface area contributed by atoms with Gasteiger partial charge in [0.25, 0.3) is 5.91 Å². The summed E-state index contributed by atoms with van der Waals surface area (Å²) in [4.78, 5) is 11.8. The largest absolute Gasteiger partial charge is 0.382 e.